The zero-order valence-corrected chi connectivity index (χ0v) is 5.97. The van der Waals surface area contributed by atoms with Crippen LogP contribution in [0.1, 0.15) is 6.92 Å². The first-order chi connectivity index (χ1) is 4.31. The summed E-state index contributed by atoms with van der Waals surface area (Å²) in [5, 5.41) is 0. The molecular weight excluding hydrogens is 114 g/mol. The maximum Gasteiger partial charge on any atom is 0.0644 e. The topological polar surface area (TPSA) is 35.2 Å². The summed E-state index contributed by atoms with van der Waals surface area (Å²) >= 11 is 0. The summed E-state index contributed by atoms with van der Waals surface area (Å²) in [6.07, 6.45) is 1.74. The Kier molecular flexibility index (Phi) is 5.57. The van der Waals surface area contributed by atoms with E-state index in [-0.39, 0.29) is 0 Å². The third kappa shape index (κ3) is 5.53. The van der Waals surface area contributed by atoms with Gasteiger partial charge in [0, 0.05) is 0 Å². The Morgan fingerprint density at radius 2 is 2.44 bits per heavy atom. The second-order valence-corrected chi connectivity index (χ2v) is 2.17. The number of rotatable bonds is 5. The number of hydrogen-bond donors (Lipinski definition) is 1. The molecule has 0 rings (SSSR count). The van der Waals surface area contributed by atoms with E-state index in [1.165, 1.54) is 0 Å². The highest BCUT2D eigenvalue weighted by molar-refractivity contribution is 4.64. The molecule has 0 heterocycles. The minimum absolute atomic E-state index is 0.463. The van der Waals surface area contributed by atoms with Crippen LogP contribution in [0.15, 0.2) is 12.7 Å². The summed E-state index contributed by atoms with van der Waals surface area (Å²) in [4.78, 5) is 0. The van der Waals surface area contributed by atoms with Gasteiger partial charge < -0.3 is 10.5 Å². The molecule has 1 atom stereocenters. The van der Waals surface area contributed by atoms with Gasteiger partial charge >= 0.3 is 0 Å². The van der Waals surface area contributed by atoms with Crippen LogP contribution in [0.3, 0.4) is 0 Å². The van der Waals surface area contributed by atoms with Crippen molar-refractivity contribution in [1.82, 2.24) is 0 Å². The van der Waals surface area contributed by atoms with Gasteiger partial charge in [0.2, 0.25) is 0 Å². The van der Waals surface area contributed by atoms with E-state index in [2.05, 4.69) is 13.5 Å². The number of ether oxygens (including phenoxy) is 1. The predicted molar refractivity (Wildman–Crippen MR) is 39.2 cm³/mol. The lowest BCUT2D eigenvalue weighted by Crippen LogP contribution is -2.16. The normalized spacial score (nSPS) is 13.1. The molecule has 0 spiro atoms. The fourth-order valence-electron chi connectivity index (χ4n) is 0.421. The van der Waals surface area contributed by atoms with Gasteiger partial charge in [0.05, 0.1) is 13.2 Å². The van der Waals surface area contributed by atoms with Crippen LogP contribution >= 0.6 is 0 Å². The monoisotopic (exact) mass is 129 g/mol. The van der Waals surface area contributed by atoms with Crippen LogP contribution in [0.4, 0.5) is 0 Å². The molecule has 9 heavy (non-hydrogen) atoms. The fraction of sp³-hybridized carbons (Fsp3) is 0.714. The second kappa shape index (κ2) is 5.79. The molecule has 2 N–H and O–H groups in total. The summed E-state index contributed by atoms with van der Waals surface area (Å²) < 4.78 is 5.14. The quantitative estimate of drug-likeness (QED) is 0.440. The van der Waals surface area contributed by atoms with Crippen LogP contribution in [0.2, 0.25) is 0 Å². The first kappa shape index (κ1) is 8.66. The van der Waals surface area contributed by atoms with Crippen LogP contribution in [0.25, 0.3) is 0 Å². The Bertz CT molecular complexity index is 73.3. The highest BCUT2D eigenvalue weighted by Gasteiger charge is 1.95. The van der Waals surface area contributed by atoms with Gasteiger partial charge in [-0.3, -0.25) is 0 Å². The van der Waals surface area contributed by atoms with Gasteiger partial charge in [0.25, 0.3) is 0 Å². The van der Waals surface area contributed by atoms with Gasteiger partial charge in [-0.05, 0) is 12.5 Å². The highest BCUT2D eigenvalue weighted by Crippen LogP contribution is 1.90. The Hall–Kier alpha value is -0.340. The first-order valence-electron chi connectivity index (χ1n) is 3.20. The number of hydrogen-bond acceptors (Lipinski definition) is 2. The van der Waals surface area contributed by atoms with Crippen molar-refractivity contribution >= 4 is 0 Å². The minimum atomic E-state index is 0.463. The molecule has 0 aromatic rings. The van der Waals surface area contributed by atoms with Gasteiger partial charge in [-0.25, -0.2) is 0 Å². The Morgan fingerprint density at radius 1 is 1.78 bits per heavy atom. The SMILES string of the molecule is C=CCOCC(C)CN. The van der Waals surface area contributed by atoms with Gasteiger partial charge in [-0.15, -0.1) is 6.58 Å². The second-order valence-electron chi connectivity index (χ2n) is 2.17. The van der Waals surface area contributed by atoms with E-state index in [0.29, 0.717) is 19.1 Å². The Balaban J connectivity index is 2.96. The Morgan fingerprint density at radius 3 is 2.89 bits per heavy atom. The van der Waals surface area contributed by atoms with E-state index in [9.17, 15) is 0 Å². The van der Waals surface area contributed by atoms with Crippen LogP contribution in [0.5, 0.6) is 0 Å². The van der Waals surface area contributed by atoms with Crippen LogP contribution in [-0.4, -0.2) is 19.8 Å². The van der Waals surface area contributed by atoms with E-state index < -0.39 is 0 Å². The molecule has 0 saturated carbocycles. The van der Waals surface area contributed by atoms with Crippen molar-refractivity contribution in [2.24, 2.45) is 11.7 Å². The molecule has 0 aliphatic carbocycles. The standard InChI is InChI=1S/C7H15NO/c1-3-4-9-6-7(2)5-8/h3,7H,1,4-6,8H2,2H3. The third-order valence-corrected chi connectivity index (χ3v) is 1.04. The molecular formula is C7H15NO. The molecule has 0 bridgehead atoms. The van der Waals surface area contributed by atoms with Crippen molar-refractivity contribution in [2.75, 3.05) is 19.8 Å². The molecule has 1 unspecified atom stereocenters. The van der Waals surface area contributed by atoms with E-state index in [0.717, 1.165) is 6.61 Å². The van der Waals surface area contributed by atoms with E-state index >= 15 is 0 Å². The summed E-state index contributed by atoms with van der Waals surface area (Å²) in [7, 11) is 0. The molecule has 2 nitrogen and oxygen atoms in total. The molecule has 0 aliphatic heterocycles. The smallest absolute Gasteiger partial charge is 0.0644 e. The van der Waals surface area contributed by atoms with Crippen molar-refractivity contribution in [3.63, 3.8) is 0 Å². The van der Waals surface area contributed by atoms with E-state index in [4.69, 9.17) is 10.5 Å². The maximum absolute atomic E-state index is 5.35. The first-order valence-corrected chi connectivity index (χ1v) is 3.20. The van der Waals surface area contributed by atoms with Gasteiger partial charge in [0.15, 0.2) is 0 Å². The van der Waals surface area contributed by atoms with Crippen molar-refractivity contribution in [2.45, 2.75) is 6.92 Å². The van der Waals surface area contributed by atoms with Gasteiger partial charge in [0.1, 0.15) is 0 Å². The van der Waals surface area contributed by atoms with Crippen LogP contribution in [0, 0.1) is 5.92 Å². The van der Waals surface area contributed by atoms with Crippen molar-refractivity contribution in [3.8, 4) is 0 Å². The van der Waals surface area contributed by atoms with Crippen molar-refractivity contribution in [3.05, 3.63) is 12.7 Å². The number of nitrogens with two attached hydrogens (primary N) is 1. The minimum Gasteiger partial charge on any atom is -0.377 e. The fourth-order valence-corrected chi connectivity index (χ4v) is 0.421. The van der Waals surface area contributed by atoms with Gasteiger partial charge in [-0.2, -0.15) is 0 Å². The van der Waals surface area contributed by atoms with E-state index in [1.807, 2.05) is 0 Å². The zero-order chi connectivity index (χ0) is 7.11. The molecule has 54 valence electrons. The molecule has 0 aliphatic rings. The summed E-state index contributed by atoms with van der Waals surface area (Å²) in [6.45, 7) is 7.65. The molecule has 0 fully saturated rings. The predicted octanol–water partition coefficient (Wildman–Crippen LogP) is 0.784. The van der Waals surface area contributed by atoms with Gasteiger partial charge in [-0.1, -0.05) is 13.0 Å². The Labute approximate surface area is 56.7 Å². The molecule has 0 amide bonds. The summed E-state index contributed by atoms with van der Waals surface area (Å²) in [5.74, 6) is 0.463. The summed E-state index contributed by atoms with van der Waals surface area (Å²) in [5.41, 5.74) is 5.35. The molecule has 0 aromatic heterocycles. The van der Waals surface area contributed by atoms with Crippen molar-refractivity contribution < 1.29 is 4.74 Å². The average molecular weight is 129 g/mol. The van der Waals surface area contributed by atoms with E-state index in [1.54, 1.807) is 6.08 Å². The third-order valence-electron chi connectivity index (χ3n) is 1.04. The highest BCUT2D eigenvalue weighted by atomic mass is 16.5. The average Bonchev–Trinajstić information content (AvgIpc) is 1.89. The van der Waals surface area contributed by atoms with Crippen molar-refractivity contribution in [1.29, 1.82) is 0 Å². The maximum atomic E-state index is 5.35. The summed E-state index contributed by atoms with van der Waals surface area (Å²) in [6, 6.07) is 0. The van der Waals surface area contributed by atoms with Crippen LogP contribution < -0.4 is 5.73 Å². The lowest BCUT2D eigenvalue weighted by molar-refractivity contribution is 0.131. The molecule has 2 heteroatoms. The molecule has 0 radical (unpaired) electrons. The zero-order valence-electron chi connectivity index (χ0n) is 5.97. The lowest BCUT2D eigenvalue weighted by Gasteiger charge is -2.06. The molecule has 0 saturated heterocycles. The molecule has 0 aromatic carbocycles. The largest absolute Gasteiger partial charge is 0.377 e. The lowest BCUT2D eigenvalue weighted by atomic mass is 10.2. The van der Waals surface area contributed by atoms with Crippen LogP contribution in [-0.2, 0) is 4.74 Å².